The van der Waals surface area contributed by atoms with E-state index < -0.39 is 0 Å². The van der Waals surface area contributed by atoms with Crippen molar-refractivity contribution in [2.24, 2.45) is 5.92 Å². The number of likely N-dealkylation sites (tertiary alicyclic amines) is 1. The molecule has 29 heavy (non-hydrogen) atoms. The number of nitrogens with zero attached hydrogens (tertiary/aromatic N) is 4. The molecular formula is C22H25N5O2. The highest BCUT2D eigenvalue weighted by Crippen LogP contribution is 2.23. The van der Waals surface area contributed by atoms with Gasteiger partial charge in [0.1, 0.15) is 12.4 Å². The second kappa shape index (κ2) is 8.77. The number of carbonyl (C=O) groups is 1. The first-order valence-corrected chi connectivity index (χ1v) is 9.87. The highest BCUT2D eigenvalue weighted by atomic mass is 16.6. The van der Waals surface area contributed by atoms with Gasteiger partial charge in [0.15, 0.2) is 0 Å². The summed E-state index contributed by atoms with van der Waals surface area (Å²) >= 11 is 0. The Labute approximate surface area is 170 Å². The number of piperidine rings is 1. The zero-order chi connectivity index (χ0) is 20.1. The molecule has 0 spiro atoms. The van der Waals surface area contributed by atoms with Gasteiger partial charge in [-0.15, -0.1) is 0 Å². The molecule has 0 radical (unpaired) electrons. The number of ether oxygens (including phenoxy) is 1. The Morgan fingerprint density at radius 1 is 1.14 bits per heavy atom. The van der Waals surface area contributed by atoms with E-state index in [0.29, 0.717) is 31.4 Å². The number of hydrogen-bond donors (Lipinski definition) is 1. The van der Waals surface area contributed by atoms with Crippen molar-refractivity contribution in [2.45, 2.75) is 26.0 Å². The van der Waals surface area contributed by atoms with E-state index in [1.54, 1.807) is 11.1 Å². The van der Waals surface area contributed by atoms with E-state index in [2.05, 4.69) is 10.1 Å². The number of nitrogen functional groups attached to an aromatic ring is 1. The van der Waals surface area contributed by atoms with E-state index in [9.17, 15) is 4.79 Å². The van der Waals surface area contributed by atoms with E-state index in [4.69, 9.17) is 10.5 Å². The van der Waals surface area contributed by atoms with Crippen molar-refractivity contribution in [3.8, 4) is 11.1 Å². The predicted molar refractivity (Wildman–Crippen MR) is 111 cm³/mol. The van der Waals surface area contributed by atoms with Gasteiger partial charge in [-0.25, -0.2) is 9.78 Å². The molecular weight excluding hydrogens is 366 g/mol. The topological polar surface area (TPSA) is 86.3 Å². The lowest BCUT2D eigenvalue weighted by atomic mass is 9.97. The molecule has 1 saturated heterocycles. The average molecular weight is 391 g/mol. The molecule has 7 heteroatoms. The maximum Gasteiger partial charge on any atom is 0.410 e. The molecule has 3 aromatic rings. The van der Waals surface area contributed by atoms with Crippen LogP contribution in [0.25, 0.3) is 11.1 Å². The molecule has 1 aliphatic heterocycles. The Kier molecular flexibility index (Phi) is 5.74. The minimum absolute atomic E-state index is 0.232. The number of anilines is 1. The molecule has 1 amide bonds. The van der Waals surface area contributed by atoms with E-state index in [0.717, 1.165) is 36.1 Å². The quantitative estimate of drug-likeness (QED) is 0.718. The maximum atomic E-state index is 12.3. The molecule has 0 bridgehead atoms. The summed E-state index contributed by atoms with van der Waals surface area (Å²) in [6.07, 6.45) is 7.24. The Morgan fingerprint density at radius 3 is 2.69 bits per heavy atom. The molecule has 1 fully saturated rings. The summed E-state index contributed by atoms with van der Waals surface area (Å²) in [5.74, 6) is 0.991. The molecule has 1 aromatic carbocycles. The van der Waals surface area contributed by atoms with Crippen molar-refractivity contribution in [3.63, 3.8) is 0 Å². The van der Waals surface area contributed by atoms with Crippen molar-refractivity contribution in [3.05, 3.63) is 66.6 Å². The summed E-state index contributed by atoms with van der Waals surface area (Å²) < 4.78 is 7.41. The molecule has 1 aliphatic rings. The van der Waals surface area contributed by atoms with Crippen LogP contribution in [0.5, 0.6) is 0 Å². The van der Waals surface area contributed by atoms with Crippen molar-refractivity contribution >= 4 is 11.9 Å². The second-order valence-electron chi connectivity index (χ2n) is 7.39. The van der Waals surface area contributed by atoms with Crippen LogP contribution >= 0.6 is 0 Å². The average Bonchev–Trinajstić information content (AvgIpc) is 3.22. The first-order chi connectivity index (χ1) is 14.2. The van der Waals surface area contributed by atoms with E-state index >= 15 is 0 Å². The predicted octanol–water partition coefficient (Wildman–Crippen LogP) is 3.58. The van der Waals surface area contributed by atoms with Crippen LogP contribution in [0.4, 0.5) is 10.6 Å². The normalized spacial score (nSPS) is 14.7. The van der Waals surface area contributed by atoms with Gasteiger partial charge in [-0.3, -0.25) is 4.68 Å². The molecule has 150 valence electrons. The minimum Gasteiger partial charge on any atom is -0.445 e. The van der Waals surface area contributed by atoms with Gasteiger partial charge in [0, 0.05) is 37.6 Å². The van der Waals surface area contributed by atoms with Gasteiger partial charge in [0.2, 0.25) is 0 Å². The molecule has 3 heterocycles. The molecule has 0 saturated carbocycles. The smallest absolute Gasteiger partial charge is 0.410 e. The Morgan fingerprint density at radius 2 is 1.93 bits per heavy atom. The number of hydrogen-bond acceptors (Lipinski definition) is 5. The third-order valence-corrected chi connectivity index (χ3v) is 5.27. The lowest BCUT2D eigenvalue weighted by Crippen LogP contribution is -2.39. The molecule has 0 aliphatic carbocycles. The first-order valence-electron chi connectivity index (χ1n) is 9.87. The van der Waals surface area contributed by atoms with Crippen LogP contribution in [0.2, 0.25) is 0 Å². The summed E-state index contributed by atoms with van der Waals surface area (Å²) in [5.41, 5.74) is 8.81. The molecule has 0 unspecified atom stereocenters. The third-order valence-electron chi connectivity index (χ3n) is 5.27. The van der Waals surface area contributed by atoms with Gasteiger partial charge in [-0.2, -0.15) is 5.10 Å². The highest BCUT2D eigenvalue weighted by molar-refractivity contribution is 5.67. The zero-order valence-electron chi connectivity index (χ0n) is 16.3. The van der Waals surface area contributed by atoms with Gasteiger partial charge in [0.05, 0.1) is 6.20 Å². The standard InChI is InChI=1S/C22H25N5O2/c23-21-12-19(6-9-24-21)20-13-25-27(15-20)14-17-7-10-26(11-8-17)22(28)29-16-18-4-2-1-3-5-18/h1-6,9,12-13,15,17H,7-8,10-11,14,16H2,(H2,23,24). The van der Waals surface area contributed by atoms with Crippen molar-refractivity contribution in [1.29, 1.82) is 0 Å². The number of aromatic nitrogens is 3. The summed E-state index contributed by atoms with van der Waals surface area (Å²) in [4.78, 5) is 18.1. The maximum absolute atomic E-state index is 12.3. The number of pyridine rings is 1. The first kappa shape index (κ1) is 19.0. The van der Waals surface area contributed by atoms with Crippen LogP contribution in [0.1, 0.15) is 18.4 Å². The van der Waals surface area contributed by atoms with Crippen LogP contribution in [-0.4, -0.2) is 38.8 Å². The van der Waals surface area contributed by atoms with E-state index in [1.807, 2.05) is 59.5 Å². The molecule has 7 nitrogen and oxygen atoms in total. The number of carbonyl (C=O) groups excluding carboxylic acids is 1. The van der Waals surface area contributed by atoms with Gasteiger partial charge in [-0.1, -0.05) is 30.3 Å². The Balaban J connectivity index is 1.25. The molecule has 2 N–H and O–H groups in total. The van der Waals surface area contributed by atoms with Gasteiger partial charge in [-0.05, 0) is 42.0 Å². The monoisotopic (exact) mass is 391 g/mol. The SMILES string of the molecule is Nc1cc(-c2cnn(CC3CCN(C(=O)OCc4ccccc4)CC3)c2)ccn1. The summed E-state index contributed by atoms with van der Waals surface area (Å²) in [7, 11) is 0. The van der Waals surface area contributed by atoms with E-state index in [-0.39, 0.29) is 6.09 Å². The fourth-order valence-corrected chi connectivity index (χ4v) is 3.61. The number of rotatable bonds is 5. The van der Waals surface area contributed by atoms with Crippen molar-refractivity contribution in [1.82, 2.24) is 19.7 Å². The fourth-order valence-electron chi connectivity index (χ4n) is 3.61. The molecule has 2 aromatic heterocycles. The van der Waals surface area contributed by atoms with Gasteiger partial charge < -0.3 is 15.4 Å². The van der Waals surface area contributed by atoms with E-state index in [1.165, 1.54) is 0 Å². The number of benzene rings is 1. The lowest BCUT2D eigenvalue weighted by Gasteiger charge is -2.31. The Hall–Kier alpha value is -3.35. The van der Waals surface area contributed by atoms with Crippen LogP contribution in [0, 0.1) is 5.92 Å². The van der Waals surface area contributed by atoms with Crippen LogP contribution in [-0.2, 0) is 17.9 Å². The fraction of sp³-hybridized carbons (Fsp3) is 0.318. The largest absolute Gasteiger partial charge is 0.445 e. The highest BCUT2D eigenvalue weighted by Gasteiger charge is 2.24. The molecule has 0 atom stereocenters. The summed E-state index contributed by atoms with van der Waals surface area (Å²) in [6, 6.07) is 13.5. The number of amides is 1. The van der Waals surface area contributed by atoms with Gasteiger partial charge in [0.25, 0.3) is 0 Å². The summed E-state index contributed by atoms with van der Waals surface area (Å²) in [6.45, 7) is 2.59. The van der Waals surface area contributed by atoms with Crippen molar-refractivity contribution < 1.29 is 9.53 Å². The third kappa shape index (κ3) is 4.93. The van der Waals surface area contributed by atoms with Crippen LogP contribution in [0.3, 0.4) is 0 Å². The van der Waals surface area contributed by atoms with Crippen LogP contribution in [0.15, 0.2) is 61.1 Å². The van der Waals surface area contributed by atoms with Crippen molar-refractivity contribution in [2.75, 3.05) is 18.8 Å². The van der Waals surface area contributed by atoms with Gasteiger partial charge >= 0.3 is 6.09 Å². The molecule has 4 rings (SSSR count). The second-order valence-corrected chi connectivity index (χ2v) is 7.39. The summed E-state index contributed by atoms with van der Waals surface area (Å²) in [5, 5.41) is 4.48. The zero-order valence-corrected chi connectivity index (χ0v) is 16.3. The Bertz CT molecular complexity index is 949. The minimum atomic E-state index is -0.232. The van der Waals surface area contributed by atoms with Crippen LogP contribution < -0.4 is 5.73 Å². The lowest BCUT2D eigenvalue weighted by molar-refractivity contribution is 0.0803. The number of nitrogens with two attached hydrogens (primary N) is 1.